The van der Waals surface area contributed by atoms with Crippen molar-refractivity contribution in [2.45, 2.75) is 44.2 Å². The van der Waals surface area contributed by atoms with E-state index in [2.05, 4.69) is 37.0 Å². The van der Waals surface area contributed by atoms with E-state index in [1.54, 1.807) is 12.5 Å². The van der Waals surface area contributed by atoms with E-state index in [1.807, 2.05) is 10.6 Å². The Bertz CT molecular complexity index is 634. The number of nitrogens with zero attached hydrogens (tertiary/aromatic N) is 2. The second-order valence-corrected chi connectivity index (χ2v) is 6.24. The molecule has 0 aliphatic heterocycles. The van der Waals surface area contributed by atoms with Crippen LogP contribution in [0.25, 0.3) is 0 Å². The van der Waals surface area contributed by atoms with Gasteiger partial charge < -0.3 is 15.4 Å². The number of nitrogens with two attached hydrogens (primary N) is 1. The van der Waals surface area contributed by atoms with Crippen LogP contribution in [0.1, 0.15) is 49.2 Å². The van der Waals surface area contributed by atoms with Gasteiger partial charge in [0.2, 0.25) is 0 Å². The van der Waals surface area contributed by atoms with Gasteiger partial charge in [-0.1, -0.05) is 24.3 Å². The lowest BCUT2D eigenvalue weighted by Crippen LogP contribution is -2.40. The molecule has 1 aromatic heterocycles. The maximum absolute atomic E-state index is 11.1. The molecule has 2 atom stereocenters. The van der Waals surface area contributed by atoms with Crippen molar-refractivity contribution < 1.29 is 5.11 Å². The van der Waals surface area contributed by atoms with Gasteiger partial charge >= 0.3 is 0 Å². The number of imidazole rings is 1. The number of aromatic nitrogens is 2. The smallest absolute Gasteiger partial charge is 0.106 e. The number of hydrogen-bond donors (Lipinski definition) is 2. The maximum Gasteiger partial charge on any atom is 0.106 e. The van der Waals surface area contributed by atoms with E-state index in [4.69, 9.17) is 5.73 Å². The zero-order valence-corrected chi connectivity index (χ0v) is 12.7. The molecule has 1 aromatic carbocycles. The molecule has 4 nitrogen and oxygen atoms in total. The molecule has 1 aliphatic carbocycles. The predicted octanol–water partition coefficient (Wildman–Crippen LogP) is 2.34. The zero-order valence-electron chi connectivity index (χ0n) is 12.7. The summed E-state index contributed by atoms with van der Waals surface area (Å²) in [7, 11) is 0. The summed E-state index contributed by atoms with van der Waals surface area (Å²) in [5, 5.41) is 11.1. The first-order valence-electron chi connectivity index (χ1n) is 7.58. The first-order valence-corrected chi connectivity index (χ1v) is 7.58. The third-order valence-electron chi connectivity index (χ3n) is 4.81. The van der Waals surface area contributed by atoms with Crippen LogP contribution in [-0.2, 0) is 11.8 Å². The molecule has 2 unspecified atom stereocenters. The van der Waals surface area contributed by atoms with Crippen molar-refractivity contribution in [1.82, 2.24) is 9.55 Å². The van der Waals surface area contributed by atoms with Crippen molar-refractivity contribution in [3.05, 3.63) is 53.6 Å². The summed E-state index contributed by atoms with van der Waals surface area (Å²) in [5.74, 6) is 0. The second kappa shape index (κ2) is 5.28. The Labute approximate surface area is 125 Å². The molecule has 0 saturated carbocycles. The van der Waals surface area contributed by atoms with Gasteiger partial charge in [0.15, 0.2) is 0 Å². The van der Waals surface area contributed by atoms with Crippen LogP contribution in [0.4, 0.5) is 0 Å². The van der Waals surface area contributed by atoms with Gasteiger partial charge in [0.25, 0.3) is 0 Å². The first kappa shape index (κ1) is 14.3. The summed E-state index contributed by atoms with van der Waals surface area (Å²) in [4.78, 5) is 4.22. The second-order valence-electron chi connectivity index (χ2n) is 6.24. The molecule has 4 heteroatoms. The van der Waals surface area contributed by atoms with Crippen LogP contribution in [0.5, 0.6) is 0 Å². The van der Waals surface area contributed by atoms with Crippen molar-refractivity contribution >= 4 is 0 Å². The van der Waals surface area contributed by atoms with Crippen molar-refractivity contribution in [2.75, 3.05) is 6.54 Å². The minimum atomic E-state index is -0.629. The van der Waals surface area contributed by atoms with Crippen LogP contribution < -0.4 is 5.73 Å². The fourth-order valence-electron chi connectivity index (χ4n) is 3.57. The van der Waals surface area contributed by atoms with Crippen LogP contribution in [-0.4, -0.2) is 21.2 Å². The summed E-state index contributed by atoms with van der Waals surface area (Å²) < 4.78 is 2.03. The third-order valence-corrected chi connectivity index (χ3v) is 4.81. The van der Waals surface area contributed by atoms with Gasteiger partial charge in [0.05, 0.1) is 18.2 Å². The minimum absolute atomic E-state index is 0.267. The Kier molecular flexibility index (Phi) is 3.59. The Morgan fingerprint density at radius 2 is 2.14 bits per heavy atom. The monoisotopic (exact) mass is 285 g/mol. The minimum Gasteiger partial charge on any atom is -0.386 e. The Morgan fingerprint density at radius 1 is 1.38 bits per heavy atom. The quantitative estimate of drug-likeness (QED) is 0.906. The van der Waals surface area contributed by atoms with E-state index in [9.17, 15) is 5.11 Å². The molecule has 3 rings (SSSR count). The van der Waals surface area contributed by atoms with E-state index >= 15 is 0 Å². The average molecular weight is 285 g/mol. The van der Waals surface area contributed by atoms with Crippen molar-refractivity contribution in [3.8, 4) is 0 Å². The molecule has 0 fully saturated rings. The van der Waals surface area contributed by atoms with E-state index < -0.39 is 11.5 Å². The van der Waals surface area contributed by atoms with Gasteiger partial charge in [-0.2, -0.15) is 0 Å². The first-order chi connectivity index (χ1) is 10.1. The van der Waals surface area contributed by atoms with E-state index in [-0.39, 0.29) is 6.04 Å². The summed E-state index contributed by atoms with van der Waals surface area (Å²) in [6, 6.07) is 8.59. The summed E-state index contributed by atoms with van der Waals surface area (Å²) in [6.45, 7) is 4.62. The van der Waals surface area contributed by atoms with E-state index in [0.717, 1.165) is 18.5 Å². The molecule has 0 saturated heterocycles. The number of aryl methyl sites for hydroxylation is 1. The molecule has 0 amide bonds. The fourth-order valence-corrected chi connectivity index (χ4v) is 3.57. The molecular weight excluding hydrogens is 262 g/mol. The molecule has 112 valence electrons. The van der Waals surface area contributed by atoms with Crippen molar-refractivity contribution in [3.63, 3.8) is 0 Å². The lowest BCUT2D eigenvalue weighted by molar-refractivity contribution is 0.0758. The van der Waals surface area contributed by atoms with Gasteiger partial charge in [-0.05, 0) is 37.8 Å². The van der Waals surface area contributed by atoms with E-state index in [1.165, 1.54) is 11.1 Å². The van der Waals surface area contributed by atoms with Crippen LogP contribution in [0.15, 0.2) is 36.8 Å². The van der Waals surface area contributed by atoms with Crippen LogP contribution >= 0.6 is 0 Å². The van der Waals surface area contributed by atoms with Crippen molar-refractivity contribution in [1.29, 1.82) is 0 Å². The highest BCUT2D eigenvalue weighted by Gasteiger charge is 2.45. The number of fused-ring (bicyclic) bond motifs is 1. The van der Waals surface area contributed by atoms with Crippen LogP contribution in [0, 0.1) is 0 Å². The van der Waals surface area contributed by atoms with Crippen molar-refractivity contribution in [2.24, 2.45) is 5.73 Å². The molecule has 0 bridgehead atoms. The van der Waals surface area contributed by atoms with Gasteiger partial charge in [-0.25, -0.2) is 4.98 Å². The number of benzene rings is 1. The number of aliphatic hydroxyl groups is 1. The van der Waals surface area contributed by atoms with Crippen LogP contribution in [0.3, 0.4) is 0 Å². The molecule has 3 N–H and O–H groups in total. The largest absolute Gasteiger partial charge is 0.386 e. The lowest BCUT2D eigenvalue weighted by Gasteiger charge is -2.35. The molecule has 21 heavy (non-hydrogen) atoms. The fraction of sp³-hybridized carbons (Fsp3) is 0.471. The highest BCUT2D eigenvalue weighted by molar-refractivity contribution is 5.42. The third kappa shape index (κ3) is 2.10. The maximum atomic E-state index is 11.1. The van der Waals surface area contributed by atoms with Gasteiger partial charge in [-0.15, -0.1) is 0 Å². The number of rotatable bonds is 4. The molecule has 0 spiro atoms. The average Bonchev–Trinajstić information content (AvgIpc) is 3.12. The Balaban J connectivity index is 2.07. The van der Waals surface area contributed by atoms with Gasteiger partial charge in [-0.3, -0.25) is 0 Å². The zero-order chi connectivity index (χ0) is 15.0. The Hall–Kier alpha value is -1.65. The molecule has 2 aromatic rings. The van der Waals surface area contributed by atoms with E-state index in [0.29, 0.717) is 6.54 Å². The summed E-state index contributed by atoms with van der Waals surface area (Å²) in [6.07, 6.45) is 4.78. The van der Waals surface area contributed by atoms with Gasteiger partial charge in [0, 0.05) is 18.0 Å². The summed E-state index contributed by atoms with van der Waals surface area (Å²) >= 11 is 0. The molecule has 1 aliphatic rings. The number of hydrogen-bond acceptors (Lipinski definition) is 3. The topological polar surface area (TPSA) is 64.1 Å². The molecule has 0 radical (unpaired) electrons. The van der Waals surface area contributed by atoms with Crippen LogP contribution in [0.2, 0.25) is 0 Å². The lowest BCUT2D eigenvalue weighted by atomic mass is 9.75. The number of aliphatic hydroxyl groups excluding tert-OH is 1. The highest BCUT2D eigenvalue weighted by Crippen LogP contribution is 2.46. The molecular formula is C17H23N3O. The Morgan fingerprint density at radius 3 is 2.86 bits per heavy atom. The standard InChI is InChI=1S/C17H23N3O/c1-12(2)20-11-19-9-15(20)16(21)17(10-18)8-7-13-5-3-4-6-14(13)17/h3-6,9,11-12,16,21H,7-8,10,18H2,1-2H3. The normalized spacial score (nSPS) is 22.5. The predicted molar refractivity (Wildman–Crippen MR) is 83.1 cm³/mol. The molecule has 1 heterocycles. The van der Waals surface area contributed by atoms with Gasteiger partial charge in [0.1, 0.15) is 6.10 Å². The highest BCUT2D eigenvalue weighted by atomic mass is 16.3. The SMILES string of the molecule is CC(C)n1cncc1C(O)C1(CN)CCc2ccccc21. The summed E-state index contributed by atoms with van der Waals surface area (Å²) in [5.41, 5.74) is 9.08.